The number of nitrogens with zero attached hydrogens (tertiary/aromatic N) is 6. The van der Waals surface area contributed by atoms with Gasteiger partial charge in [-0.3, -0.25) is 4.90 Å². The Morgan fingerprint density at radius 3 is 2.43 bits per heavy atom. The first-order chi connectivity index (χ1) is 17.2. The molecule has 35 heavy (non-hydrogen) atoms. The monoisotopic (exact) mass is 468 g/mol. The van der Waals surface area contributed by atoms with Crippen LogP contribution in [0.25, 0.3) is 16.6 Å². The van der Waals surface area contributed by atoms with Crippen LogP contribution in [0.15, 0.2) is 60.8 Å². The van der Waals surface area contributed by atoms with Crippen LogP contribution in [0.1, 0.15) is 32.1 Å². The molecule has 0 amide bonds. The molecule has 2 aromatic carbocycles. The van der Waals surface area contributed by atoms with Crippen LogP contribution in [0.4, 0.5) is 23.3 Å². The van der Waals surface area contributed by atoms with Crippen molar-refractivity contribution in [2.24, 2.45) is 0 Å². The molecular formula is C27H32N8. The largest absolute Gasteiger partial charge is 0.369 e. The van der Waals surface area contributed by atoms with Gasteiger partial charge in [0, 0.05) is 55.2 Å². The molecule has 0 radical (unpaired) electrons. The standard InChI is InChI=1S/C27H32N8/c28-26-31-27(32-35(26)25-24-9-5-4-6-20(24)14-15-29-25)30-21-10-12-23(13-11-21)34-18-16-33(17-19-34)22-7-2-1-3-8-22/h4-6,9-15,22H,1-3,7-8,16-19H2,(H3,28,30,31,32). The predicted octanol–water partition coefficient (Wildman–Crippen LogP) is 4.60. The number of piperazine rings is 1. The van der Waals surface area contributed by atoms with Gasteiger partial charge in [-0.15, -0.1) is 5.10 Å². The third-order valence-electron chi connectivity index (χ3n) is 7.38. The molecule has 1 saturated carbocycles. The molecule has 0 atom stereocenters. The molecular weight excluding hydrogens is 436 g/mol. The summed E-state index contributed by atoms with van der Waals surface area (Å²) >= 11 is 0. The molecule has 0 unspecified atom stereocenters. The zero-order valence-corrected chi connectivity index (χ0v) is 20.0. The van der Waals surface area contributed by atoms with Crippen molar-refractivity contribution >= 4 is 34.0 Å². The zero-order valence-electron chi connectivity index (χ0n) is 20.0. The smallest absolute Gasteiger partial charge is 0.248 e. The van der Waals surface area contributed by atoms with Crippen molar-refractivity contribution in [3.8, 4) is 5.82 Å². The van der Waals surface area contributed by atoms with E-state index in [1.54, 1.807) is 10.9 Å². The van der Waals surface area contributed by atoms with E-state index in [2.05, 4.69) is 54.4 Å². The van der Waals surface area contributed by atoms with Gasteiger partial charge in [-0.1, -0.05) is 43.5 Å². The lowest BCUT2D eigenvalue weighted by atomic mass is 9.94. The van der Waals surface area contributed by atoms with Crippen LogP contribution in [0.3, 0.4) is 0 Å². The SMILES string of the molecule is Nc1nc(Nc2ccc(N3CCN(C4CCCCC4)CC3)cc2)nn1-c1nccc2ccccc12. The van der Waals surface area contributed by atoms with E-state index in [-0.39, 0.29) is 0 Å². The first-order valence-electron chi connectivity index (χ1n) is 12.7. The molecule has 0 bridgehead atoms. The molecule has 0 spiro atoms. The maximum Gasteiger partial charge on any atom is 0.248 e. The maximum atomic E-state index is 6.20. The van der Waals surface area contributed by atoms with E-state index in [9.17, 15) is 0 Å². The van der Waals surface area contributed by atoms with Gasteiger partial charge in [-0.25, -0.2) is 4.98 Å². The molecule has 3 heterocycles. The number of anilines is 4. The summed E-state index contributed by atoms with van der Waals surface area (Å²) in [5, 5.41) is 9.93. The molecule has 180 valence electrons. The van der Waals surface area contributed by atoms with Crippen LogP contribution in [0.5, 0.6) is 0 Å². The molecule has 6 rings (SSSR count). The Morgan fingerprint density at radius 1 is 0.857 bits per heavy atom. The highest BCUT2D eigenvalue weighted by atomic mass is 15.4. The Morgan fingerprint density at radius 2 is 1.63 bits per heavy atom. The van der Waals surface area contributed by atoms with Gasteiger partial charge in [0.1, 0.15) is 0 Å². The van der Waals surface area contributed by atoms with E-state index in [1.165, 1.54) is 37.8 Å². The third-order valence-corrected chi connectivity index (χ3v) is 7.38. The number of nitrogens with one attached hydrogen (secondary N) is 1. The van der Waals surface area contributed by atoms with Crippen molar-refractivity contribution < 1.29 is 0 Å². The summed E-state index contributed by atoms with van der Waals surface area (Å²) in [7, 11) is 0. The van der Waals surface area contributed by atoms with Crippen molar-refractivity contribution in [3.05, 3.63) is 60.8 Å². The normalized spacial score (nSPS) is 17.7. The van der Waals surface area contributed by atoms with E-state index >= 15 is 0 Å². The van der Waals surface area contributed by atoms with Crippen LogP contribution in [0, 0.1) is 0 Å². The Balaban J connectivity index is 1.12. The highest BCUT2D eigenvalue weighted by Crippen LogP contribution is 2.27. The summed E-state index contributed by atoms with van der Waals surface area (Å²) in [6.07, 6.45) is 8.74. The van der Waals surface area contributed by atoms with Gasteiger partial charge in [0.25, 0.3) is 0 Å². The molecule has 3 N–H and O–H groups in total. The Labute approximate surface area is 205 Å². The summed E-state index contributed by atoms with van der Waals surface area (Å²) in [4.78, 5) is 14.1. The summed E-state index contributed by atoms with van der Waals surface area (Å²) in [6.45, 7) is 4.49. The number of benzene rings is 2. The highest BCUT2D eigenvalue weighted by Gasteiger charge is 2.25. The second-order valence-corrected chi connectivity index (χ2v) is 9.55. The lowest BCUT2D eigenvalue weighted by Crippen LogP contribution is -2.50. The van der Waals surface area contributed by atoms with Gasteiger partial charge in [0.05, 0.1) is 0 Å². The van der Waals surface area contributed by atoms with Crippen molar-refractivity contribution in [2.45, 2.75) is 38.1 Å². The quantitative estimate of drug-likeness (QED) is 0.443. The number of nitrogen functional groups attached to an aromatic ring is 1. The Hall–Kier alpha value is -3.65. The number of fused-ring (bicyclic) bond motifs is 1. The lowest BCUT2D eigenvalue weighted by Gasteiger charge is -2.41. The average Bonchev–Trinajstić information content (AvgIpc) is 3.29. The van der Waals surface area contributed by atoms with E-state index in [0.717, 1.165) is 48.7 Å². The maximum absolute atomic E-state index is 6.20. The third kappa shape index (κ3) is 4.53. The van der Waals surface area contributed by atoms with Gasteiger partial charge in [-0.2, -0.15) is 9.67 Å². The first kappa shape index (κ1) is 21.9. The molecule has 1 aliphatic carbocycles. The molecule has 1 aliphatic heterocycles. The van der Waals surface area contributed by atoms with Crippen LogP contribution in [-0.4, -0.2) is 56.9 Å². The second-order valence-electron chi connectivity index (χ2n) is 9.55. The number of pyridine rings is 1. The van der Waals surface area contributed by atoms with Gasteiger partial charge >= 0.3 is 0 Å². The summed E-state index contributed by atoms with van der Waals surface area (Å²) in [5.41, 5.74) is 8.39. The molecule has 8 nitrogen and oxygen atoms in total. The van der Waals surface area contributed by atoms with Crippen molar-refractivity contribution in [1.82, 2.24) is 24.6 Å². The minimum absolute atomic E-state index is 0.295. The predicted molar refractivity (Wildman–Crippen MR) is 141 cm³/mol. The van der Waals surface area contributed by atoms with Crippen LogP contribution >= 0.6 is 0 Å². The van der Waals surface area contributed by atoms with Gasteiger partial charge in [0.2, 0.25) is 11.9 Å². The Kier molecular flexibility index (Phi) is 5.96. The van der Waals surface area contributed by atoms with E-state index < -0.39 is 0 Å². The van der Waals surface area contributed by atoms with E-state index in [1.807, 2.05) is 30.3 Å². The van der Waals surface area contributed by atoms with Crippen LogP contribution < -0.4 is 16.0 Å². The van der Waals surface area contributed by atoms with Gasteiger partial charge in [-0.05, 0) is 48.6 Å². The fraction of sp³-hybridized carbons (Fsp3) is 0.370. The number of hydrogen-bond acceptors (Lipinski definition) is 7. The summed E-state index contributed by atoms with van der Waals surface area (Å²) < 4.78 is 1.59. The fourth-order valence-corrected chi connectivity index (χ4v) is 5.48. The topological polar surface area (TPSA) is 88.1 Å². The van der Waals surface area contributed by atoms with Crippen LogP contribution in [-0.2, 0) is 0 Å². The summed E-state index contributed by atoms with van der Waals surface area (Å²) in [5.74, 6) is 1.42. The van der Waals surface area contributed by atoms with E-state index in [0.29, 0.717) is 17.7 Å². The molecule has 1 saturated heterocycles. The highest BCUT2D eigenvalue weighted by molar-refractivity contribution is 5.88. The van der Waals surface area contributed by atoms with Crippen molar-refractivity contribution in [3.63, 3.8) is 0 Å². The average molecular weight is 469 g/mol. The first-order valence-corrected chi connectivity index (χ1v) is 12.7. The van der Waals surface area contributed by atoms with Crippen LogP contribution in [0.2, 0.25) is 0 Å². The fourth-order valence-electron chi connectivity index (χ4n) is 5.48. The second kappa shape index (κ2) is 9.54. The van der Waals surface area contributed by atoms with Crippen molar-refractivity contribution in [2.75, 3.05) is 42.1 Å². The number of rotatable bonds is 5. The molecule has 2 aromatic heterocycles. The number of aromatic nitrogens is 4. The minimum atomic E-state index is 0.295. The van der Waals surface area contributed by atoms with Gasteiger partial charge < -0.3 is 16.0 Å². The van der Waals surface area contributed by atoms with Gasteiger partial charge in [0.15, 0.2) is 5.82 Å². The number of nitrogens with two attached hydrogens (primary N) is 1. The Bertz CT molecular complexity index is 1280. The molecule has 8 heteroatoms. The van der Waals surface area contributed by atoms with E-state index in [4.69, 9.17) is 5.73 Å². The molecule has 4 aromatic rings. The number of hydrogen-bond donors (Lipinski definition) is 2. The minimum Gasteiger partial charge on any atom is -0.369 e. The lowest BCUT2D eigenvalue weighted by molar-refractivity contribution is 0.148. The van der Waals surface area contributed by atoms with Crippen molar-refractivity contribution in [1.29, 1.82) is 0 Å². The summed E-state index contributed by atoms with van der Waals surface area (Å²) in [6, 6.07) is 19.3. The zero-order chi connectivity index (χ0) is 23.6. The molecule has 2 aliphatic rings. The molecule has 2 fully saturated rings.